The first-order valence-electron chi connectivity index (χ1n) is 4.89. The Hall–Kier alpha value is -1.26. The molecule has 0 aromatic heterocycles. The van der Waals surface area contributed by atoms with E-state index in [0.717, 1.165) is 5.75 Å². The molecule has 1 aromatic rings. The zero-order chi connectivity index (χ0) is 11.1. The van der Waals surface area contributed by atoms with Gasteiger partial charge in [-0.25, -0.2) is 0 Å². The Balaban J connectivity index is 2.41. The van der Waals surface area contributed by atoms with Gasteiger partial charge in [-0.3, -0.25) is 0 Å². The summed E-state index contributed by atoms with van der Waals surface area (Å²) in [5.41, 5.74) is 6.29. The molecule has 0 bridgehead atoms. The first-order valence-corrected chi connectivity index (χ1v) is 4.89. The highest BCUT2D eigenvalue weighted by atomic mass is 16.7. The molecule has 0 saturated heterocycles. The average Bonchev–Trinajstić information content (AvgIpc) is 2.24. The molecule has 2 N–H and O–H groups in total. The van der Waals surface area contributed by atoms with Crippen molar-refractivity contribution in [3.05, 3.63) is 24.3 Å². The standard InChI is InChI=1S/C11H17NO3/c1-3-14-11(13-2)8-15-10-6-4-5-9(12)7-10/h4-7,11H,3,8,12H2,1-2H3. The topological polar surface area (TPSA) is 53.7 Å². The van der Waals surface area contributed by atoms with E-state index in [4.69, 9.17) is 19.9 Å². The Labute approximate surface area is 89.9 Å². The maximum absolute atomic E-state index is 5.61. The lowest BCUT2D eigenvalue weighted by Crippen LogP contribution is -2.23. The van der Waals surface area contributed by atoms with Gasteiger partial charge in [-0.2, -0.15) is 0 Å². The maximum Gasteiger partial charge on any atom is 0.191 e. The molecule has 0 heterocycles. The van der Waals surface area contributed by atoms with Crippen LogP contribution in [0.3, 0.4) is 0 Å². The Bertz CT molecular complexity index is 291. The molecule has 0 spiro atoms. The number of methoxy groups -OCH3 is 1. The lowest BCUT2D eigenvalue weighted by atomic mass is 10.3. The Morgan fingerprint density at radius 1 is 1.40 bits per heavy atom. The minimum atomic E-state index is -0.337. The van der Waals surface area contributed by atoms with E-state index in [1.165, 1.54) is 0 Å². The maximum atomic E-state index is 5.61. The summed E-state index contributed by atoms with van der Waals surface area (Å²) in [7, 11) is 1.59. The second kappa shape index (κ2) is 6.27. The van der Waals surface area contributed by atoms with Gasteiger partial charge in [0.25, 0.3) is 0 Å². The van der Waals surface area contributed by atoms with Crippen molar-refractivity contribution < 1.29 is 14.2 Å². The number of hydrogen-bond donors (Lipinski definition) is 1. The predicted octanol–water partition coefficient (Wildman–Crippen LogP) is 1.66. The van der Waals surface area contributed by atoms with Crippen LogP contribution in [0.25, 0.3) is 0 Å². The molecule has 0 fully saturated rings. The van der Waals surface area contributed by atoms with E-state index in [9.17, 15) is 0 Å². The summed E-state index contributed by atoms with van der Waals surface area (Å²) in [6.07, 6.45) is -0.337. The lowest BCUT2D eigenvalue weighted by molar-refractivity contribution is -0.137. The van der Waals surface area contributed by atoms with Crippen LogP contribution >= 0.6 is 0 Å². The normalized spacial score (nSPS) is 12.4. The third-order valence-electron chi connectivity index (χ3n) is 1.86. The molecule has 0 aliphatic heterocycles. The molecule has 0 amide bonds. The van der Waals surface area contributed by atoms with Crippen molar-refractivity contribution in [3.8, 4) is 5.75 Å². The highest BCUT2D eigenvalue weighted by Gasteiger charge is 2.06. The van der Waals surface area contributed by atoms with E-state index in [-0.39, 0.29) is 6.29 Å². The van der Waals surface area contributed by atoms with Gasteiger partial charge in [0.1, 0.15) is 12.4 Å². The first kappa shape index (κ1) is 11.8. The second-order valence-electron chi connectivity index (χ2n) is 3.00. The van der Waals surface area contributed by atoms with Crippen LogP contribution < -0.4 is 10.5 Å². The van der Waals surface area contributed by atoms with Crippen molar-refractivity contribution in [3.63, 3.8) is 0 Å². The minimum Gasteiger partial charge on any atom is -0.488 e. The summed E-state index contributed by atoms with van der Waals surface area (Å²) >= 11 is 0. The lowest BCUT2D eigenvalue weighted by Gasteiger charge is -2.15. The smallest absolute Gasteiger partial charge is 0.191 e. The number of hydrogen-bond acceptors (Lipinski definition) is 4. The SMILES string of the molecule is CCOC(COc1cccc(N)c1)OC. The fraction of sp³-hybridized carbons (Fsp3) is 0.455. The van der Waals surface area contributed by atoms with E-state index in [0.29, 0.717) is 18.9 Å². The molecule has 4 nitrogen and oxygen atoms in total. The van der Waals surface area contributed by atoms with Gasteiger partial charge in [0, 0.05) is 25.5 Å². The first-order chi connectivity index (χ1) is 7.26. The number of nitrogens with two attached hydrogens (primary N) is 1. The number of nitrogen functional groups attached to an aromatic ring is 1. The summed E-state index contributed by atoms with van der Waals surface area (Å²) in [6.45, 7) is 2.86. The van der Waals surface area contributed by atoms with Gasteiger partial charge in [-0.15, -0.1) is 0 Å². The van der Waals surface area contributed by atoms with Crippen LogP contribution in [0.1, 0.15) is 6.92 Å². The van der Waals surface area contributed by atoms with Gasteiger partial charge >= 0.3 is 0 Å². The highest BCUT2D eigenvalue weighted by Crippen LogP contribution is 2.14. The van der Waals surface area contributed by atoms with E-state index in [1.807, 2.05) is 25.1 Å². The molecule has 84 valence electrons. The molecule has 1 rings (SSSR count). The number of anilines is 1. The molecule has 15 heavy (non-hydrogen) atoms. The van der Waals surface area contributed by atoms with Gasteiger partial charge < -0.3 is 19.9 Å². The molecule has 0 aliphatic rings. The monoisotopic (exact) mass is 211 g/mol. The molecule has 1 atom stereocenters. The Kier molecular flexibility index (Phi) is 4.93. The number of rotatable bonds is 6. The van der Waals surface area contributed by atoms with Crippen LogP contribution in [0.15, 0.2) is 24.3 Å². The summed E-state index contributed by atoms with van der Waals surface area (Å²) in [5, 5.41) is 0. The molecule has 1 aromatic carbocycles. The number of ether oxygens (including phenoxy) is 3. The van der Waals surface area contributed by atoms with E-state index in [1.54, 1.807) is 13.2 Å². The van der Waals surface area contributed by atoms with Crippen LogP contribution in [0, 0.1) is 0 Å². The molecule has 0 radical (unpaired) electrons. The highest BCUT2D eigenvalue weighted by molar-refractivity contribution is 5.43. The summed E-state index contributed by atoms with van der Waals surface area (Å²) < 4.78 is 15.8. The zero-order valence-corrected chi connectivity index (χ0v) is 9.10. The molecule has 0 saturated carbocycles. The van der Waals surface area contributed by atoms with Crippen LogP contribution in [0.5, 0.6) is 5.75 Å². The van der Waals surface area contributed by atoms with Crippen molar-refractivity contribution in [2.24, 2.45) is 0 Å². The van der Waals surface area contributed by atoms with Crippen molar-refractivity contribution in [1.29, 1.82) is 0 Å². The van der Waals surface area contributed by atoms with Gasteiger partial charge in [-0.1, -0.05) is 6.07 Å². The van der Waals surface area contributed by atoms with Crippen molar-refractivity contribution in [2.45, 2.75) is 13.2 Å². The van der Waals surface area contributed by atoms with Crippen LogP contribution in [-0.4, -0.2) is 26.6 Å². The summed E-state index contributed by atoms with van der Waals surface area (Å²) in [6, 6.07) is 7.25. The third-order valence-corrected chi connectivity index (χ3v) is 1.86. The zero-order valence-electron chi connectivity index (χ0n) is 9.10. The van der Waals surface area contributed by atoms with Crippen LogP contribution in [-0.2, 0) is 9.47 Å². The largest absolute Gasteiger partial charge is 0.488 e. The molecular weight excluding hydrogens is 194 g/mol. The second-order valence-corrected chi connectivity index (χ2v) is 3.00. The third kappa shape index (κ3) is 4.18. The van der Waals surface area contributed by atoms with E-state index in [2.05, 4.69) is 0 Å². The molecular formula is C11H17NO3. The van der Waals surface area contributed by atoms with Gasteiger partial charge in [0.05, 0.1) is 0 Å². The fourth-order valence-corrected chi connectivity index (χ4v) is 1.14. The van der Waals surface area contributed by atoms with E-state index >= 15 is 0 Å². The van der Waals surface area contributed by atoms with Crippen molar-refractivity contribution >= 4 is 5.69 Å². The minimum absolute atomic E-state index is 0.337. The summed E-state index contributed by atoms with van der Waals surface area (Å²) in [4.78, 5) is 0. The quantitative estimate of drug-likeness (QED) is 0.574. The number of benzene rings is 1. The molecule has 4 heteroatoms. The summed E-state index contributed by atoms with van der Waals surface area (Å²) in [5.74, 6) is 0.719. The predicted molar refractivity (Wildman–Crippen MR) is 58.8 cm³/mol. The average molecular weight is 211 g/mol. The van der Waals surface area contributed by atoms with Crippen molar-refractivity contribution in [2.75, 3.05) is 26.1 Å². The van der Waals surface area contributed by atoms with Crippen LogP contribution in [0.2, 0.25) is 0 Å². The molecule has 0 aliphatic carbocycles. The van der Waals surface area contributed by atoms with Gasteiger partial charge in [-0.05, 0) is 19.1 Å². The van der Waals surface area contributed by atoms with Gasteiger partial charge in [0.15, 0.2) is 6.29 Å². The Morgan fingerprint density at radius 2 is 2.20 bits per heavy atom. The van der Waals surface area contributed by atoms with E-state index < -0.39 is 0 Å². The fourth-order valence-electron chi connectivity index (χ4n) is 1.14. The van der Waals surface area contributed by atoms with Crippen LogP contribution in [0.4, 0.5) is 5.69 Å². The molecule has 1 unspecified atom stereocenters. The Morgan fingerprint density at radius 3 is 2.80 bits per heavy atom. The van der Waals surface area contributed by atoms with Crippen molar-refractivity contribution in [1.82, 2.24) is 0 Å². The van der Waals surface area contributed by atoms with Gasteiger partial charge in [0.2, 0.25) is 0 Å².